The number of H-pyrrole nitrogens is 1. The SMILES string of the molecule is CCN(CC)CCS(=O)(=O)NC(Cc1c[nH]c2ccccc12)C(=O)Nc1cn(C(C)(C(=O)N2CCCC2)c2ccc(OC)cc2)cn1. The number of amides is 2. The number of ether oxygens (including phenoxy) is 1. The van der Waals surface area contributed by atoms with E-state index in [1.807, 2.05) is 79.1 Å². The molecule has 252 valence electrons. The number of aromatic nitrogens is 3. The Morgan fingerprint density at radius 1 is 1.09 bits per heavy atom. The minimum atomic E-state index is -3.82. The monoisotopic (exact) mass is 663 g/mol. The minimum absolute atomic E-state index is 0.0754. The summed E-state index contributed by atoms with van der Waals surface area (Å²) in [4.78, 5) is 39.4. The van der Waals surface area contributed by atoms with Crippen molar-refractivity contribution in [2.75, 3.05) is 50.9 Å². The number of sulfonamides is 1. The number of hydrogen-bond acceptors (Lipinski definition) is 7. The molecule has 2 aromatic carbocycles. The molecule has 0 bridgehead atoms. The van der Waals surface area contributed by atoms with Gasteiger partial charge in [0.1, 0.15) is 17.3 Å². The molecule has 0 saturated carbocycles. The molecule has 0 aliphatic carbocycles. The molecule has 1 aliphatic rings. The molecular weight excluding hydrogens is 618 g/mol. The molecular formula is C34H45N7O5S. The number of benzene rings is 2. The molecule has 2 aromatic heterocycles. The molecule has 1 saturated heterocycles. The lowest BCUT2D eigenvalue weighted by Crippen LogP contribution is -2.48. The minimum Gasteiger partial charge on any atom is -0.497 e. The van der Waals surface area contributed by atoms with Crippen molar-refractivity contribution in [1.82, 2.24) is 29.1 Å². The van der Waals surface area contributed by atoms with Crippen LogP contribution in [0.5, 0.6) is 5.75 Å². The Balaban J connectivity index is 1.42. The fourth-order valence-corrected chi connectivity index (χ4v) is 7.39. The van der Waals surface area contributed by atoms with Gasteiger partial charge in [-0.15, -0.1) is 0 Å². The molecule has 0 radical (unpaired) electrons. The number of carbonyl (C=O) groups is 2. The lowest BCUT2D eigenvalue weighted by molar-refractivity contribution is -0.137. The van der Waals surface area contributed by atoms with E-state index in [1.54, 1.807) is 24.1 Å². The maximum atomic E-state index is 14.0. The normalized spacial score (nSPS) is 15.6. The first-order chi connectivity index (χ1) is 22.6. The number of likely N-dealkylation sites (tertiary alicyclic amines) is 1. The second kappa shape index (κ2) is 14.7. The molecule has 0 spiro atoms. The van der Waals surface area contributed by atoms with Crippen molar-refractivity contribution in [1.29, 1.82) is 0 Å². The maximum absolute atomic E-state index is 14.0. The number of para-hydroxylation sites is 1. The third-order valence-corrected chi connectivity index (χ3v) is 10.5. The Hall–Kier alpha value is -4.20. The number of carbonyl (C=O) groups excluding carboxylic acids is 2. The van der Waals surface area contributed by atoms with Crippen LogP contribution in [0.1, 0.15) is 44.7 Å². The quantitative estimate of drug-likeness (QED) is 0.177. The van der Waals surface area contributed by atoms with Crippen molar-refractivity contribution < 1.29 is 22.7 Å². The third kappa shape index (κ3) is 7.69. The van der Waals surface area contributed by atoms with E-state index in [9.17, 15) is 18.0 Å². The summed E-state index contributed by atoms with van der Waals surface area (Å²) in [6, 6.07) is 13.9. The van der Waals surface area contributed by atoms with Gasteiger partial charge in [0, 0.05) is 42.9 Å². The number of rotatable bonds is 15. The van der Waals surface area contributed by atoms with Crippen LogP contribution in [0.4, 0.5) is 5.82 Å². The topological polar surface area (TPSA) is 142 Å². The fraction of sp³-hybridized carbons (Fsp3) is 0.441. The van der Waals surface area contributed by atoms with Crippen LogP contribution in [0.2, 0.25) is 0 Å². The number of methoxy groups -OCH3 is 1. The molecule has 3 heterocycles. The summed E-state index contributed by atoms with van der Waals surface area (Å²) in [6.07, 6.45) is 6.95. The highest BCUT2D eigenvalue weighted by molar-refractivity contribution is 7.89. The largest absolute Gasteiger partial charge is 0.497 e. The van der Waals surface area contributed by atoms with Crippen LogP contribution in [0.3, 0.4) is 0 Å². The van der Waals surface area contributed by atoms with Gasteiger partial charge >= 0.3 is 0 Å². The van der Waals surface area contributed by atoms with Crippen LogP contribution in [0, 0.1) is 0 Å². The lowest BCUT2D eigenvalue weighted by Gasteiger charge is -2.34. The molecule has 2 atom stereocenters. The summed E-state index contributed by atoms with van der Waals surface area (Å²) in [6.45, 7) is 8.95. The predicted molar refractivity (Wildman–Crippen MR) is 183 cm³/mol. The van der Waals surface area contributed by atoms with Crippen molar-refractivity contribution in [3.05, 3.63) is 78.4 Å². The first-order valence-electron chi connectivity index (χ1n) is 16.1. The number of anilines is 1. The Kier molecular flexibility index (Phi) is 10.7. The number of nitrogens with zero attached hydrogens (tertiary/aromatic N) is 4. The van der Waals surface area contributed by atoms with Crippen molar-refractivity contribution in [3.63, 3.8) is 0 Å². The molecule has 3 N–H and O–H groups in total. The highest BCUT2D eigenvalue weighted by Crippen LogP contribution is 2.32. The first-order valence-corrected chi connectivity index (χ1v) is 17.8. The van der Waals surface area contributed by atoms with Gasteiger partial charge < -0.3 is 29.4 Å². The molecule has 1 aliphatic heterocycles. The van der Waals surface area contributed by atoms with Crippen molar-refractivity contribution in [2.45, 2.75) is 51.6 Å². The van der Waals surface area contributed by atoms with E-state index in [4.69, 9.17) is 4.74 Å². The van der Waals surface area contributed by atoms with E-state index in [1.165, 1.54) is 6.33 Å². The number of fused-ring (bicyclic) bond motifs is 1. The summed E-state index contributed by atoms with van der Waals surface area (Å²) >= 11 is 0. The number of aromatic amines is 1. The number of nitrogens with one attached hydrogen (secondary N) is 3. The third-order valence-electron chi connectivity index (χ3n) is 9.12. The zero-order valence-electron chi connectivity index (χ0n) is 27.5. The summed E-state index contributed by atoms with van der Waals surface area (Å²) in [5.74, 6) is 0.108. The summed E-state index contributed by atoms with van der Waals surface area (Å²) < 4.78 is 36.2. The molecule has 47 heavy (non-hydrogen) atoms. The smallest absolute Gasteiger partial charge is 0.253 e. The van der Waals surface area contributed by atoms with Gasteiger partial charge in [0.25, 0.3) is 5.91 Å². The van der Waals surface area contributed by atoms with E-state index >= 15 is 0 Å². The highest BCUT2D eigenvalue weighted by atomic mass is 32.2. The summed E-state index contributed by atoms with van der Waals surface area (Å²) in [5.41, 5.74) is 1.29. The van der Waals surface area contributed by atoms with Gasteiger partial charge in [-0.05, 0) is 68.6 Å². The van der Waals surface area contributed by atoms with Crippen LogP contribution in [-0.4, -0.2) is 96.2 Å². The Morgan fingerprint density at radius 2 is 1.79 bits per heavy atom. The number of hydrogen-bond donors (Lipinski definition) is 3. The summed E-state index contributed by atoms with van der Waals surface area (Å²) in [7, 11) is -2.23. The molecule has 2 amide bonds. The standard InChI is InChI=1S/C34H45N7O5S/c1-5-39(6-2)19-20-47(44,45)38-30(21-25-22-35-29-12-8-7-11-28(25)29)32(42)37-31-23-41(24-36-31)34(3,33(43)40-17-9-10-18-40)26-13-15-27(46-4)16-14-26/h7-8,11-16,22-24,30,35,38H,5-6,9-10,17-21H2,1-4H3,(H,37,42). The van der Waals surface area contributed by atoms with E-state index < -0.39 is 27.5 Å². The van der Waals surface area contributed by atoms with E-state index in [0.717, 1.165) is 48.0 Å². The van der Waals surface area contributed by atoms with Crippen LogP contribution in [0.15, 0.2) is 67.3 Å². The van der Waals surface area contributed by atoms with Gasteiger partial charge in [-0.25, -0.2) is 18.1 Å². The van der Waals surface area contributed by atoms with Gasteiger partial charge in [-0.3, -0.25) is 9.59 Å². The van der Waals surface area contributed by atoms with E-state index in [-0.39, 0.29) is 23.9 Å². The Labute approximate surface area is 276 Å². The molecule has 5 rings (SSSR count). The van der Waals surface area contributed by atoms with Crippen LogP contribution >= 0.6 is 0 Å². The predicted octanol–water partition coefficient (Wildman–Crippen LogP) is 3.57. The van der Waals surface area contributed by atoms with Crippen LogP contribution in [-0.2, 0) is 31.6 Å². The maximum Gasteiger partial charge on any atom is 0.253 e. The van der Waals surface area contributed by atoms with Crippen molar-refractivity contribution in [2.24, 2.45) is 0 Å². The Bertz CT molecular complexity index is 1780. The molecule has 12 nitrogen and oxygen atoms in total. The lowest BCUT2D eigenvalue weighted by atomic mass is 9.90. The van der Waals surface area contributed by atoms with Crippen molar-refractivity contribution in [3.8, 4) is 5.75 Å². The zero-order valence-corrected chi connectivity index (χ0v) is 28.3. The molecule has 4 aromatic rings. The van der Waals surface area contributed by atoms with Crippen molar-refractivity contribution >= 4 is 38.6 Å². The van der Waals surface area contributed by atoms with E-state index in [0.29, 0.717) is 25.4 Å². The zero-order chi connectivity index (χ0) is 33.6. The number of imidazole rings is 1. The second-order valence-corrected chi connectivity index (χ2v) is 13.9. The molecule has 2 unspecified atom stereocenters. The van der Waals surface area contributed by atoms with Crippen LogP contribution in [0.25, 0.3) is 10.9 Å². The van der Waals surface area contributed by atoms with Gasteiger partial charge in [-0.2, -0.15) is 0 Å². The first kappa shape index (κ1) is 34.1. The Morgan fingerprint density at radius 3 is 2.47 bits per heavy atom. The molecule has 13 heteroatoms. The average Bonchev–Trinajstić information content (AvgIpc) is 3.87. The average molecular weight is 664 g/mol. The van der Waals surface area contributed by atoms with Crippen LogP contribution < -0.4 is 14.8 Å². The molecule has 1 fully saturated rings. The highest BCUT2D eigenvalue weighted by Gasteiger charge is 2.41. The second-order valence-electron chi connectivity index (χ2n) is 12.0. The van der Waals surface area contributed by atoms with Gasteiger partial charge in [0.15, 0.2) is 5.82 Å². The summed E-state index contributed by atoms with van der Waals surface area (Å²) in [5, 5.41) is 3.73. The fourth-order valence-electron chi connectivity index (χ4n) is 6.14. The van der Waals surface area contributed by atoms with Gasteiger partial charge in [0.2, 0.25) is 15.9 Å². The van der Waals surface area contributed by atoms with E-state index in [2.05, 4.69) is 20.0 Å². The van der Waals surface area contributed by atoms with Gasteiger partial charge in [-0.1, -0.05) is 44.2 Å². The van der Waals surface area contributed by atoms with Gasteiger partial charge in [0.05, 0.1) is 19.2 Å².